The van der Waals surface area contributed by atoms with E-state index in [1.807, 2.05) is 13.8 Å². The monoisotopic (exact) mass is 240 g/mol. The Hall–Kier alpha value is -0.370. The molecule has 100 valence electrons. The van der Waals surface area contributed by atoms with E-state index < -0.39 is 0 Å². The molecule has 1 atom stereocenters. The SMILES string of the molecule is COC(C)(C)CCC(=O)C1CCCCC1(C)C. The molecule has 0 spiro atoms. The van der Waals surface area contributed by atoms with Gasteiger partial charge in [-0.1, -0.05) is 26.7 Å². The molecule has 0 heterocycles. The van der Waals surface area contributed by atoms with E-state index in [-0.39, 0.29) is 16.9 Å². The van der Waals surface area contributed by atoms with E-state index in [9.17, 15) is 4.79 Å². The quantitative estimate of drug-likeness (QED) is 0.726. The van der Waals surface area contributed by atoms with Gasteiger partial charge < -0.3 is 4.74 Å². The number of rotatable bonds is 5. The van der Waals surface area contributed by atoms with Gasteiger partial charge in [-0.25, -0.2) is 0 Å². The van der Waals surface area contributed by atoms with E-state index >= 15 is 0 Å². The minimum atomic E-state index is -0.172. The second-order valence-corrected chi connectivity index (χ2v) is 6.72. The minimum absolute atomic E-state index is 0.172. The van der Waals surface area contributed by atoms with Crippen LogP contribution in [0.2, 0.25) is 0 Å². The average Bonchev–Trinajstić information content (AvgIpc) is 2.25. The molecule has 0 bridgehead atoms. The van der Waals surface area contributed by atoms with Crippen LogP contribution in [0, 0.1) is 11.3 Å². The fourth-order valence-electron chi connectivity index (χ4n) is 2.79. The van der Waals surface area contributed by atoms with Crippen LogP contribution in [0.4, 0.5) is 0 Å². The van der Waals surface area contributed by atoms with Gasteiger partial charge in [-0.15, -0.1) is 0 Å². The lowest BCUT2D eigenvalue weighted by atomic mass is 9.66. The highest BCUT2D eigenvalue weighted by Gasteiger charge is 2.37. The van der Waals surface area contributed by atoms with Crippen molar-refractivity contribution in [1.82, 2.24) is 0 Å². The summed E-state index contributed by atoms with van der Waals surface area (Å²) in [7, 11) is 1.72. The topological polar surface area (TPSA) is 26.3 Å². The maximum Gasteiger partial charge on any atom is 0.136 e. The summed E-state index contributed by atoms with van der Waals surface area (Å²) >= 11 is 0. The number of ketones is 1. The number of methoxy groups -OCH3 is 1. The lowest BCUT2D eigenvalue weighted by molar-refractivity contribution is -0.129. The molecule has 1 aliphatic carbocycles. The molecule has 1 unspecified atom stereocenters. The van der Waals surface area contributed by atoms with Crippen LogP contribution in [-0.4, -0.2) is 18.5 Å². The summed E-state index contributed by atoms with van der Waals surface area (Å²) in [5.41, 5.74) is 0.0288. The third-order valence-corrected chi connectivity index (χ3v) is 4.42. The Morgan fingerprint density at radius 2 is 2.00 bits per heavy atom. The summed E-state index contributed by atoms with van der Waals surface area (Å²) < 4.78 is 5.38. The maximum atomic E-state index is 12.3. The van der Waals surface area contributed by atoms with Gasteiger partial charge in [0, 0.05) is 19.4 Å². The van der Waals surface area contributed by atoms with Gasteiger partial charge in [0.1, 0.15) is 5.78 Å². The zero-order valence-electron chi connectivity index (χ0n) is 12.1. The number of carbonyl (C=O) groups is 1. The van der Waals surface area contributed by atoms with E-state index in [1.54, 1.807) is 7.11 Å². The molecular weight excluding hydrogens is 212 g/mol. The van der Waals surface area contributed by atoms with Crippen molar-refractivity contribution in [2.75, 3.05) is 7.11 Å². The van der Waals surface area contributed by atoms with Crippen molar-refractivity contribution in [3.8, 4) is 0 Å². The van der Waals surface area contributed by atoms with Gasteiger partial charge in [-0.05, 0) is 38.5 Å². The van der Waals surface area contributed by atoms with Crippen LogP contribution >= 0.6 is 0 Å². The van der Waals surface area contributed by atoms with E-state index in [2.05, 4.69) is 13.8 Å². The highest BCUT2D eigenvalue weighted by Crippen LogP contribution is 2.41. The fraction of sp³-hybridized carbons (Fsp3) is 0.933. The van der Waals surface area contributed by atoms with Crippen molar-refractivity contribution in [1.29, 1.82) is 0 Å². The van der Waals surface area contributed by atoms with Gasteiger partial charge in [-0.2, -0.15) is 0 Å². The van der Waals surface area contributed by atoms with Crippen molar-refractivity contribution < 1.29 is 9.53 Å². The van der Waals surface area contributed by atoms with Crippen molar-refractivity contribution in [3.05, 3.63) is 0 Å². The number of hydrogen-bond acceptors (Lipinski definition) is 2. The molecule has 1 aliphatic rings. The van der Waals surface area contributed by atoms with E-state index in [0.29, 0.717) is 12.2 Å². The molecule has 0 N–H and O–H groups in total. The van der Waals surface area contributed by atoms with Gasteiger partial charge in [0.15, 0.2) is 0 Å². The van der Waals surface area contributed by atoms with Gasteiger partial charge in [0.05, 0.1) is 5.60 Å². The van der Waals surface area contributed by atoms with Crippen LogP contribution < -0.4 is 0 Å². The number of hydrogen-bond donors (Lipinski definition) is 0. The van der Waals surface area contributed by atoms with Crippen molar-refractivity contribution >= 4 is 5.78 Å². The molecule has 17 heavy (non-hydrogen) atoms. The number of ether oxygens (including phenoxy) is 1. The van der Waals surface area contributed by atoms with Crippen LogP contribution in [0.5, 0.6) is 0 Å². The van der Waals surface area contributed by atoms with Crippen LogP contribution in [0.1, 0.15) is 66.2 Å². The maximum absolute atomic E-state index is 12.3. The molecule has 1 fully saturated rings. The molecule has 0 aromatic rings. The molecule has 2 nitrogen and oxygen atoms in total. The van der Waals surface area contributed by atoms with Crippen LogP contribution in [0.15, 0.2) is 0 Å². The third kappa shape index (κ3) is 4.09. The summed E-state index contributed by atoms with van der Waals surface area (Å²) in [6.07, 6.45) is 6.26. The molecule has 1 rings (SSSR count). The summed E-state index contributed by atoms with van der Waals surface area (Å²) in [6, 6.07) is 0. The molecule has 0 aliphatic heterocycles. The molecule has 0 aromatic heterocycles. The first-order valence-electron chi connectivity index (χ1n) is 6.86. The molecular formula is C15H28O2. The van der Waals surface area contributed by atoms with Crippen LogP contribution in [-0.2, 0) is 9.53 Å². The average molecular weight is 240 g/mol. The second-order valence-electron chi connectivity index (χ2n) is 6.72. The highest BCUT2D eigenvalue weighted by atomic mass is 16.5. The van der Waals surface area contributed by atoms with Gasteiger partial charge >= 0.3 is 0 Å². The Balaban J connectivity index is 2.52. The zero-order chi connectivity index (χ0) is 13.1. The normalized spacial score (nSPS) is 24.6. The summed E-state index contributed by atoms with van der Waals surface area (Å²) in [6.45, 7) is 8.59. The van der Waals surface area contributed by atoms with Gasteiger partial charge in [-0.3, -0.25) is 4.79 Å². The smallest absolute Gasteiger partial charge is 0.136 e. The molecule has 2 heteroatoms. The van der Waals surface area contributed by atoms with Gasteiger partial charge in [0.25, 0.3) is 0 Å². The molecule has 1 saturated carbocycles. The van der Waals surface area contributed by atoms with E-state index in [0.717, 1.165) is 12.8 Å². The lowest BCUT2D eigenvalue weighted by Gasteiger charge is -2.38. The molecule has 0 saturated heterocycles. The first-order chi connectivity index (χ1) is 7.78. The van der Waals surface area contributed by atoms with E-state index in [4.69, 9.17) is 4.74 Å². The predicted octanol–water partition coefficient (Wildman–Crippen LogP) is 3.98. The Morgan fingerprint density at radius 1 is 1.35 bits per heavy atom. The highest BCUT2D eigenvalue weighted by molar-refractivity contribution is 5.81. The van der Waals surface area contributed by atoms with Crippen molar-refractivity contribution in [2.45, 2.75) is 71.8 Å². The number of Topliss-reactive ketones (excluding diaryl/α,β-unsaturated/α-hetero) is 1. The van der Waals surface area contributed by atoms with Crippen molar-refractivity contribution in [2.24, 2.45) is 11.3 Å². The standard InChI is InChI=1S/C15H28O2/c1-14(2)10-7-6-8-12(14)13(16)9-11-15(3,4)17-5/h12H,6-11H2,1-5H3. The summed E-state index contributed by atoms with van der Waals surface area (Å²) in [4.78, 5) is 12.3. The van der Waals surface area contributed by atoms with Crippen molar-refractivity contribution in [3.63, 3.8) is 0 Å². The lowest BCUT2D eigenvalue weighted by Crippen LogP contribution is -2.35. The Labute approximate surface area is 106 Å². The molecule has 0 aromatic carbocycles. The Morgan fingerprint density at radius 3 is 2.53 bits per heavy atom. The predicted molar refractivity (Wildman–Crippen MR) is 71.1 cm³/mol. The largest absolute Gasteiger partial charge is 0.379 e. The molecule has 0 radical (unpaired) electrons. The zero-order valence-corrected chi connectivity index (χ0v) is 12.1. The summed E-state index contributed by atoms with van der Waals surface area (Å²) in [5, 5.41) is 0. The second kappa shape index (κ2) is 5.51. The number of carbonyl (C=O) groups excluding carboxylic acids is 1. The Bertz CT molecular complexity index is 266. The molecule has 0 amide bonds. The van der Waals surface area contributed by atoms with E-state index in [1.165, 1.54) is 19.3 Å². The van der Waals surface area contributed by atoms with Gasteiger partial charge in [0.2, 0.25) is 0 Å². The van der Waals surface area contributed by atoms with Crippen LogP contribution in [0.3, 0.4) is 0 Å². The summed E-state index contributed by atoms with van der Waals surface area (Å²) in [5.74, 6) is 0.712. The first-order valence-corrected chi connectivity index (χ1v) is 6.86. The minimum Gasteiger partial charge on any atom is -0.379 e. The Kier molecular flexibility index (Phi) is 4.77. The fourth-order valence-corrected chi connectivity index (χ4v) is 2.79. The first kappa shape index (κ1) is 14.7. The third-order valence-electron chi connectivity index (χ3n) is 4.42. The van der Waals surface area contributed by atoms with Crippen LogP contribution in [0.25, 0.3) is 0 Å².